The van der Waals surface area contributed by atoms with Crippen molar-refractivity contribution in [3.63, 3.8) is 0 Å². The van der Waals surface area contributed by atoms with Gasteiger partial charge in [-0.05, 0) is 43.4 Å². The number of carbonyl (C=O) groups is 2. The predicted molar refractivity (Wildman–Crippen MR) is 112 cm³/mol. The number of amides is 2. The van der Waals surface area contributed by atoms with E-state index in [0.717, 1.165) is 38.0 Å². The molecule has 2 amide bonds. The highest BCUT2D eigenvalue weighted by Gasteiger charge is 2.57. The van der Waals surface area contributed by atoms with E-state index >= 15 is 0 Å². The number of piperidine rings is 1. The molecular weight excluding hydrogens is 362 g/mol. The Morgan fingerprint density at radius 1 is 0.862 bits per heavy atom. The first-order chi connectivity index (χ1) is 14.2. The van der Waals surface area contributed by atoms with E-state index in [-0.39, 0.29) is 17.9 Å². The predicted octanol–water partition coefficient (Wildman–Crippen LogP) is 3.06. The van der Waals surface area contributed by atoms with E-state index in [1.165, 1.54) is 5.69 Å². The van der Waals surface area contributed by atoms with E-state index in [1.807, 2.05) is 58.3 Å². The van der Waals surface area contributed by atoms with Crippen molar-refractivity contribution in [3.8, 4) is 0 Å². The van der Waals surface area contributed by atoms with Crippen molar-refractivity contribution in [2.75, 3.05) is 24.5 Å². The van der Waals surface area contributed by atoms with Crippen molar-refractivity contribution in [1.29, 1.82) is 0 Å². The quantitative estimate of drug-likeness (QED) is 0.810. The van der Waals surface area contributed by atoms with Crippen LogP contribution < -0.4 is 4.90 Å². The zero-order chi connectivity index (χ0) is 19.8. The summed E-state index contributed by atoms with van der Waals surface area (Å²) in [4.78, 5) is 33.3. The number of piperazine rings is 1. The molecule has 0 aliphatic carbocycles. The lowest BCUT2D eigenvalue weighted by atomic mass is 9.80. The summed E-state index contributed by atoms with van der Waals surface area (Å²) < 4.78 is 0. The summed E-state index contributed by atoms with van der Waals surface area (Å²) in [7, 11) is 0. The molecule has 0 aromatic heterocycles. The fourth-order valence-corrected chi connectivity index (χ4v) is 5.29. The largest absolute Gasteiger partial charge is 0.371 e. The van der Waals surface area contributed by atoms with Crippen LogP contribution in [-0.4, -0.2) is 52.8 Å². The second kappa shape index (κ2) is 7.21. The van der Waals surface area contributed by atoms with E-state index in [9.17, 15) is 9.59 Å². The molecule has 3 aliphatic rings. The summed E-state index contributed by atoms with van der Waals surface area (Å²) >= 11 is 0. The van der Waals surface area contributed by atoms with Crippen LogP contribution in [0.15, 0.2) is 60.7 Å². The second-order valence-electron chi connectivity index (χ2n) is 8.42. The molecule has 1 atom stereocenters. The van der Waals surface area contributed by atoms with Gasteiger partial charge in [0.25, 0.3) is 0 Å². The van der Waals surface area contributed by atoms with E-state index in [0.29, 0.717) is 19.4 Å². The topological polar surface area (TPSA) is 43.9 Å². The van der Waals surface area contributed by atoms with Gasteiger partial charge < -0.3 is 14.7 Å². The Kier molecular flexibility index (Phi) is 4.53. The van der Waals surface area contributed by atoms with Crippen molar-refractivity contribution in [2.45, 2.75) is 43.8 Å². The number of anilines is 1. The third kappa shape index (κ3) is 3.00. The first kappa shape index (κ1) is 18.2. The lowest BCUT2D eigenvalue weighted by Crippen LogP contribution is -2.72. The second-order valence-corrected chi connectivity index (χ2v) is 8.42. The van der Waals surface area contributed by atoms with Crippen molar-refractivity contribution in [3.05, 3.63) is 66.2 Å². The maximum atomic E-state index is 13.7. The minimum atomic E-state index is -0.709. The fraction of sp³-hybridized carbons (Fsp3) is 0.417. The summed E-state index contributed by atoms with van der Waals surface area (Å²) in [5, 5.41) is 0. The van der Waals surface area contributed by atoms with Crippen LogP contribution in [-0.2, 0) is 16.1 Å². The molecule has 3 heterocycles. The molecule has 3 aliphatic heterocycles. The third-order valence-electron chi connectivity index (χ3n) is 6.87. The highest BCUT2D eigenvalue weighted by Crippen LogP contribution is 2.40. The molecule has 29 heavy (non-hydrogen) atoms. The average Bonchev–Trinajstić information content (AvgIpc) is 3.27. The van der Waals surface area contributed by atoms with Crippen LogP contribution in [0.3, 0.4) is 0 Å². The van der Waals surface area contributed by atoms with Gasteiger partial charge in [-0.1, -0.05) is 48.5 Å². The number of para-hydroxylation sites is 1. The number of hydrogen-bond donors (Lipinski definition) is 0. The van der Waals surface area contributed by atoms with Gasteiger partial charge in [-0.15, -0.1) is 0 Å². The Morgan fingerprint density at radius 2 is 1.52 bits per heavy atom. The van der Waals surface area contributed by atoms with Crippen LogP contribution in [0, 0.1) is 0 Å². The Labute approximate surface area is 171 Å². The van der Waals surface area contributed by atoms with Crippen molar-refractivity contribution in [1.82, 2.24) is 9.80 Å². The van der Waals surface area contributed by atoms with Crippen LogP contribution >= 0.6 is 0 Å². The third-order valence-corrected chi connectivity index (χ3v) is 6.87. The maximum Gasteiger partial charge on any atom is 0.249 e. The highest BCUT2D eigenvalue weighted by molar-refractivity contribution is 6.00. The number of benzene rings is 2. The highest BCUT2D eigenvalue weighted by atomic mass is 16.2. The lowest BCUT2D eigenvalue weighted by Gasteiger charge is -2.54. The van der Waals surface area contributed by atoms with Crippen LogP contribution in [0.5, 0.6) is 0 Å². The van der Waals surface area contributed by atoms with Crippen molar-refractivity contribution in [2.24, 2.45) is 0 Å². The minimum Gasteiger partial charge on any atom is -0.371 e. The lowest BCUT2D eigenvalue weighted by molar-refractivity contribution is -0.171. The van der Waals surface area contributed by atoms with E-state index in [1.54, 1.807) is 0 Å². The molecule has 1 unspecified atom stereocenters. The zero-order valence-electron chi connectivity index (χ0n) is 16.7. The molecule has 0 radical (unpaired) electrons. The smallest absolute Gasteiger partial charge is 0.249 e. The van der Waals surface area contributed by atoms with Crippen LogP contribution in [0.4, 0.5) is 5.69 Å². The molecule has 1 spiro atoms. The summed E-state index contributed by atoms with van der Waals surface area (Å²) in [5.41, 5.74) is 1.56. The van der Waals surface area contributed by atoms with Gasteiger partial charge in [0.15, 0.2) is 0 Å². The molecule has 5 rings (SSSR count). The summed E-state index contributed by atoms with van der Waals surface area (Å²) in [6, 6.07) is 20.2. The Hall–Kier alpha value is -2.82. The molecular formula is C24H27N3O2. The van der Waals surface area contributed by atoms with Gasteiger partial charge >= 0.3 is 0 Å². The zero-order valence-corrected chi connectivity index (χ0v) is 16.7. The molecule has 3 saturated heterocycles. The van der Waals surface area contributed by atoms with Gasteiger partial charge in [0.1, 0.15) is 11.6 Å². The van der Waals surface area contributed by atoms with Gasteiger partial charge in [-0.3, -0.25) is 9.59 Å². The Morgan fingerprint density at radius 3 is 2.21 bits per heavy atom. The molecule has 0 N–H and O–H groups in total. The van der Waals surface area contributed by atoms with Gasteiger partial charge in [-0.2, -0.15) is 0 Å². The average molecular weight is 389 g/mol. The van der Waals surface area contributed by atoms with Gasteiger partial charge in [-0.25, -0.2) is 0 Å². The molecule has 0 saturated carbocycles. The minimum absolute atomic E-state index is 0.138. The molecule has 2 aromatic carbocycles. The number of fused-ring (bicyclic) bond motifs is 1. The van der Waals surface area contributed by atoms with Crippen molar-refractivity contribution >= 4 is 17.5 Å². The van der Waals surface area contributed by atoms with Crippen molar-refractivity contribution < 1.29 is 9.59 Å². The van der Waals surface area contributed by atoms with Crippen LogP contribution in [0.2, 0.25) is 0 Å². The van der Waals surface area contributed by atoms with Crippen LogP contribution in [0.1, 0.15) is 31.2 Å². The molecule has 150 valence electrons. The van der Waals surface area contributed by atoms with Crippen LogP contribution in [0.25, 0.3) is 0 Å². The monoisotopic (exact) mass is 389 g/mol. The summed E-state index contributed by atoms with van der Waals surface area (Å²) in [6.45, 7) is 2.80. The SMILES string of the molecule is O=C1C2CCCN2C(=O)C2(CCN(c3ccccc3)CC2)N1Cc1ccccc1. The summed E-state index contributed by atoms with van der Waals surface area (Å²) in [6.07, 6.45) is 3.08. The molecule has 0 bridgehead atoms. The van der Waals surface area contributed by atoms with E-state index < -0.39 is 5.54 Å². The van der Waals surface area contributed by atoms with Gasteiger partial charge in [0.05, 0.1) is 0 Å². The molecule has 5 nitrogen and oxygen atoms in total. The number of hydrogen-bond acceptors (Lipinski definition) is 3. The maximum absolute atomic E-state index is 13.7. The van der Waals surface area contributed by atoms with Gasteiger partial charge in [0.2, 0.25) is 11.8 Å². The van der Waals surface area contributed by atoms with Gasteiger partial charge in [0, 0.05) is 31.9 Å². The first-order valence-electron chi connectivity index (χ1n) is 10.7. The molecule has 5 heteroatoms. The number of carbonyl (C=O) groups excluding carboxylic acids is 2. The number of nitrogens with zero attached hydrogens (tertiary/aromatic N) is 3. The first-order valence-corrected chi connectivity index (χ1v) is 10.7. The molecule has 3 fully saturated rings. The van der Waals surface area contributed by atoms with E-state index in [4.69, 9.17) is 0 Å². The Balaban J connectivity index is 1.46. The standard InChI is InChI=1S/C24H27N3O2/c28-22-21-12-7-15-26(21)23(29)24(27(22)18-19-8-3-1-4-9-19)13-16-25(17-14-24)20-10-5-2-6-11-20/h1-6,8-11,21H,7,12-18H2. The molecule has 2 aromatic rings. The number of rotatable bonds is 3. The van der Waals surface area contributed by atoms with E-state index in [2.05, 4.69) is 17.0 Å². The Bertz CT molecular complexity index is 891. The fourth-order valence-electron chi connectivity index (χ4n) is 5.29. The summed E-state index contributed by atoms with van der Waals surface area (Å²) in [5.74, 6) is 0.308. The normalized spacial score (nSPS) is 23.6.